The van der Waals surface area contributed by atoms with Crippen molar-refractivity contribution in [1.29, 1.82) is 0 Å². The van der Waals surface area contributed by atoms with E-state index >= 15 is 0 Å². The maximum atomic E-state index is 11.6. The van der Waals surface area contributed by atoms with Crippen molar-refractivity contribution in [3.05, 3.63) is 12.6 Å². The van der Waals surface area contributed by atoms with Crippen LogP contribution >= 0.6 is 0 Å². The summed E-state index contributed by atoms with van der Waals surface area (Å²) in [5.74, 6) is 0.237. The van der Waals surface area contributed by atoms with E-state index in [1.807, 2.05) is 0 Å². The molecule has 1 aliphatic carbocycles. The van der Waals surface area contributed by atoms with Gasteiger partial charge in [0.25, 0.3) is 0 Å². The van der Waals surface area contributed by atoms with Crippen LogP contribution in [0.15, 0.2) is 17.0 Å². The van der Waals surface area contributed by atoms with Crippen molar-refractivity contribution < 1.29 is 9.21 Å². The van der Waals surface area contributed by atoms with Crippen molar-refractivity contribution in [2.24, 2.45) is 11.7 Å². The highest BCUT2D eigenvalue weighted by Crippen LogP contribution is 2.25. The van der Waals surface area contributed by atoms with Crippen molar-refractivity contribution in [2.45, 2.75) is 25.3 Å². The van der Waals surface area contributed by atoms with Crippen LogP contribution in [-0.4, -0.2) is 16.9 Å². The fourth-order valence-electron chi connectivity index (χ4n) is 1.81. The maximum absolute atomic E-state index is 11.6. The average molecular weight is 195 g/mol. The molecule has 1 aromatic heterocycles. The maximum Gasteiger partial charge on any atom is 0.231 e. The summed E-state index contributed by atoms with van der Waals surface area (Å²) in [7, 11) is 0. The topological polar surface area (TPSA) is 81.2 Å². The fourth-order valence-corrected chi connectivity index (χ4v) is 1.81. The first-order valence-corrected chi connectivity index (χ1v) is 4.72. The number of oxazole rings is 1. The lowest BCUT2D eigenvalue weighted by Crippen LogP contribution is -2.34. The van der Waals surface area contributed by atoms with E-state index in [0.717, 1.165) is 19.3 Å². The molecule has 5 nitrogen and oxygen atoms in total. The van der Waals surface area contributed by atoms with Gasteiger partial charge in [-0.3, -0.25) is 10.1 Å². The number of carbonyl (C=O) groups excluding carboxylic acids is 1. The lowest BCUT2D eigenvalue weighted by Gasteiger charge is -2.13. The van der Waals surface area contributed by atoms with Gasteiger partial charge in [-0.1, -0.05) is 6.42 Å². The third kappa shape index (κ3) is 1.77. The van der Waals surface area contributed by atoms with Crippen molar-refractivity contribution in [3.8, 4) is 0 Å². The highest BCUT2D eigenvalue weighted by molar-refractivity contribution is 5.91. The molecule has 1 saturated carbocycles. The lowest BCUT2D eigenvalue weighted by molar-refractivity contribution is -0.120. The number of hydrogen-bond acceptors (Lipinski definition) is 4. The van der Waals surface area contributed by atoms with Crippen LogP contribution in [0.4, 0.5) is 5.88 Å². The number of nitrogens with one attached hydrogen (secondary N) is 1. The molecule has 2 atom stereocenters. The Hall–Kier alpha value is -1.36. The molecule has 76 valence electrons. The molecular formula is C9H13N3O2. The molecule has 1 amide bonds. The third-order valence-electron chi connectivity index (χ3n) is 2.58. The number of carbonyl (C=O) groups is 1. The normalized spacial score (nSPS) is 26.4. The van der Waals surface area contributed by atoms with Crippen molar-refractivity contribution in [3.63, 3.8) is 0 Å². The number of hydrogen-bond donors (Lipinski definition) is 2. The van der Waals surface area contributed by atoms with Gasteiger partial charge in [-0.05, 0) is 12.8 Å². The van der Waals surface area contributed by atoms with Gasteiger partial charge in [0.15, 0.2) is 6.39 Å². The number of anilines is 1. The first-order valence-electron chi connectivity index (χ1n) is 4.72. The number of aromatic nitrogens is 1. The van der Waals surface area contributed by atoms with Gasteiger partial charge in [0.05, 0.1) is 12.1 Å². The first kappa shape index (κ1) is 9.21. The number of nitrogens with two attached hydrogens (primary N) is 1. The Balaban J connectivity index is 1.95. The van der Waals surface area contributed by atoms with Gasteiger partial charge in [0.1, 0.15) is 0 Å². The molecule has 0 bridgehead atoms. The molecule has 0 radical (unpaired) electrons. The molecule has 2 unspecified atom stereocenters. The minimum absolute atomic E-state index is 0.0158. The molecule has 0 aliphatic heterocycles. The van der Waals surface area contributed by atoms with E-state index in [9.17, 15) is 4.79 Å². The molecule has 14 heavy (non-hydrogen) atoms. The van der Waals surface area contributed by atoms with Crippen LogP contribution in [0, 0.1) is 5.92 Å². The quantitative estimate of drug-likeness (QED) is 0.729. The Bertz CT molecular complexity index is 310. The van der Waals surface area contributed by atoms with E-state index in [0.29, 0.717) is 5.88 Å². The predicted molar refractivity (Wildman–Crippen MR) is 50.4 cm³/mol. The highest BCUT2D eigenvalue weighted by Gasteiger charge is 2.30. The van der Waals surface area contributed by atoms with Crippen LogP contribution in [0.2, 0.25) is 0 Å². The van der Waals surface area contributed by atoms with Gasteiger partial charge < -0.3 is 10.2 Å². The minimum Gasteiger partial charge on any atom is -0.428 e. The van der Waals surface area contributed by atoms with Gasteiger partial charge in [-0.25, -0.2) is 4.98 Å². The first-order chi connectivity index (χ1) is 6.77. The summed E-state index contributed by atoms with van der Waals surface area (Å²) < 4.78 is 4.92. The second-order valence-corrected chi connectivity index (χ2v) is 3.56. The molecule has 1 heterocycles. The van der Waals surface area contributed by atoms with Crippen molar-refractivity contribution in [1.82, 2.24) is 4.98 Å². The molecule has 1 aromatic rings. The molecular weight excluding hydrogens is 182 g/mol. The van der Waals surface area contributed by atoms with Gasteiger partial charge in [-0.15, -0.1) is 0 Å². The summed E-state index contributed by atoms with van der Waals surface area (Å²) in [6, 6.07) is -0.0158. The summed E-state index contributed by atoms with van der Waals surface area (Å²) in [5.41, 5.74) is 5.80. The Morgan fingerprint density at radius 1 is 1.64 bits per heavy atom. The number of nitrogens with zero attached hydrogens (tertiary/aromatic N) is 1. The van der Waals surface area contributed by atoms with E-state index in [-0.39, 0.29) is 17.9 Å². The molecule has 3 N–H and O–H groups in total. The zero-order chi connectivity index (χ0) is 9.97. The smallest absolute Gasteiger partial charge is 0.231 e. The SMILES string of the molecule is NC1CCCC1C(=O)Nc1cnco1. The van der Waals surface area contributed by atoms with Crippen LogP contribution in [0.25, 0.3) is 0 Å². The van der Waals surface area contributed by atoms with Crippen molar-refractivity contribution in [2.75, 3.05) is 5.32 Å². The molecule has 2 rings (SSSR count). The van der Waals surface area contributed by atoms with Crippen molar-refractivity contribution >= 4 is 11.8 Å². The van der Waals surface area contributed by atoms with Gasteiger partial charge in [0, 0.05) is 6.04 Å². The van der Waals surface area contributed by atoms with E-state index < -0.39 is 0 Å². The van der Waals surface area contributed by atoms with E-state index in [1.54, 1.807) is 0 Å². The summed E-state index contributed by atoms with van der Waals surface area (Å²) in [4.78, 5) is 15.4. The van der Waals surface area contributed by atoms with Crippen LogP contribution in [0.3, 0.4) is 0 Å². The average Bonchev–Trinajstić information content (AvgIpc) is 2.75. The van der Waals surface area contributed by atoms with E-state index in [1.165, 1.54) is 12.6 Å². The molecule has 5 heteroatoms. The monoisotopic (exact) mass is 195 g/mol. The Morgan fingerprint density at radius 2 is 2.50 bits per heavy atom. The molecule has 0 aromatic carbocycles. The standard InChI is InChI=1S/C9H13N3O2/c10-7-3-1-2-6(7)9(13)12-8-4-11-5-14-8/h4-7H,1-3,10H2,(H,12,13). The minimum atomic E-state index is -0.0832. The molecule has 1 aliphatic rings. The third-order valence-corrected chi connectivity index (χ3v) is 2.58. The number of rotatable bonds is 2. The number of amides is 1. The van der Waals surface area contributed by atoms with Gasteiger partial charge in [0.2, 0.25) is 11.8 Å². The molecule has 0 spiro atoms. The highest BCUT2D eigenvalue weighted by atomic mass is 16.4. The summed E-state index contributed by atoms with van der Waals surface area (Å²) in [6.45, 7) is 0. The largest absolute Gasteiger partial charge is 0.428 e. The zero-order valence-electron chi connectivity index (χ0n) is 7.77. The molecule has 0 saturated heterocycles. The van der Waals surface area contributed by atoms with E-state index in [4.69, 9.17) is 10.2 Å². The Labute approximate surface area is 81.7 Å². The van der Waals surface area contributed by atoms with Crippen LogP contribution in [-0.2, 0) is 4.79 Å². The van der Waals surface area contributed by atoms with Crippen LogP contribution in [0.1, 0.15) is 19.3 Å². The Kier molecular flexibility index (Phi) is 2.49. The fraction of sp³-hybridized carbons (Fsp3) is 0.556. The second kappa shape index (κ2) is 3.79. The zero-order valence-corrected chi connectivity index (χ0v) is 7.77. The van der Waals surface area contributed by atoms with Gasteiger partial charge in [-0.2, -0.15) is 0 Å². The van der Waals surface area contributed by atoms with Gasteiger partial charge >= 0.3 is 0 Å². The van der Waals surface area contributed by atoms with E-state index in [2.05, 4.69) is 10.3 Å². The summed E-state index contributed by atoms with van der Waals surface area (Å²) >= 11 is 0. The lowest BCUT2D eigenvalue weighted by atomic mass is 10.0. The Morgan fingerprint density at radius 3 is 3.07 bits per heavy atom. The summed E-state index contributed by atoms with van der Waals surface area (Å²) in [5, 5.41) is 2.65. The predicted octanol–water partition coefficient (Wildman–Crippen LogP) is 0.740. The van der Waals surface area contributed by atoms with Crippen LogP contribution < -0.4 is 11.1 Å². The van der Waals surface area contributed by atoms with Crippen LogP contribution in [0.5, 0.6) is 0 Å². The molecule has 1 fully saturated rings. The second-order valence-electron chi connectivity index (χ2n) is 3.56. The summed E-state index contributed by atoms with van der Waals surface area (Å²) in [6.07, 6.45) is 5.56.